The van der Waals surface area contributed by atoms with Crippen molar-refractivity contribution in [3.8, 4) is 29.4 Å². The molecule has 0 unspecified atom stereocenters. The van der Waals surface area contributed by atoms with E-state index >= 15 is 0 Å². The summed E-state index contributed by atoms with van der Waals surface area (Å²) in [7, 11) is 0. The lowest BCUT2D eigenvalue weighted by molar-refractivity contribution is 0.0955. The number of terminal acetylenes is 1. The molecule has 3 aromatic carbocycles. The van der Waals surface area contributed by atoms with Crippen LogP contribution in [0.3, 0.4) is 0 Å². The Hall–Kier alpha value is -4.12. The normalized spacial score (nSPS) is 10.6. The number of nitrogens with one attached hydrogen (secondary N) is 2. The maximum Gasteiger partial charge on any atom is 0.271 e. The second kappa shape index (κ2) is 11.1. The van der Waals surface area contributed by atoms with Crippen LogP contribution in [0.2, 0.25) is 5.02 Å². The second-order valence-corrected chi connectivity index (χ2v) is 8.31. The van der Waals surface area contributed by atoms with E-state index in [0.717, 1.165) is 27.6 Å². The minimum Gasteiger partial charge on any atom is -0.481 e. The Morgan fingerprint density at radius 2 is 1.94 bits per heavy atom. The summed E-state index contributed by atoms with van der Waals surface area (Å²) in [4.78, 5) is 17.0. The van der Waals surface area contributed by atoms with E-state index in [1.54, 1.807) is 30.5 Å². The molecular formula is C26H19ClN4O2S. The Bertz CT molecular complexity index is 1340. The lowest BCUT2D eigenvalue weighted by Gasteiger charge is -2.03. The van der Waals surface area contributed by atoms with Gasteiger partial charge in [0, 0.05) is 27.2 Å². The van der Waals surface area contributed by atoms with E-state index in [2.05, 4.69) is 26.7 Å². The van der Waals surface area contributed by atoms with Crippen LogP contribution in [0.4, 0.5) is 10.8 Å². The molecular weight excluding hydrogens is 468 g/mol. The van der Waals surface area contributed by atoms with Gasteiger partial charge < -0.3 is 10.1 Å². The maximum absolute atomic E-state index is 12.4. The standard InChI is InChI=1S/C26H19ClN4O2S/c1-2-14-33-23-5-3-4-18(15-23)16-28-31-25(32)20-8-6-19(7-9-20)24-17-34-26(30-24)29-22-12-10-21(27)11-13-22/h1,3-13,15-17H,14H2,(H,29,30)(H,31,32)/b28-16-. The third kappa shape index (κ3) is 6.23. The summed E-state index contributed by atoms with van der Waals surface area (Å²) < 4.78 is 5.38. The molecule has 0 aliphatic rings. The van der Waals surface area contributed by atoms with Gasteiger partial charge in [-0.25, -0.2) is 10.4 Å². The lowest BCUT2D eigenvalue weighted by Crippen LogP contribution is -2.17. The highest BCUT2D eigenvalue weighted by molar-refractivity contribution is 7.14. The first kappa shape index (κ1) is 23.1. The van der Waals surface area contributed by atoms with E-state index in [4.69, 9.17) is 22.8 Å². The Morgan fingerprint density at radius 3 is 2.71 bits per heavy atom. The zero-order chi connectivity index (χ0) is 23.8. The minimum absolute atomic E-state index is 0.189. The summed E-state index contributed by atoms with van der Waals surface area (Å²) in [6.45, 7) is 0.189. The van der Waals surface area contributed by atoms with Crippen molar-refractivity contribution in [3.63, 3.8) is 0 Å². The van der Waals surface area contributed by atoms with Crippen LogP contribution in [0, 0.1) is 12.3 Å². The number of nitrogens with zero attached hydrogens (tertiary/aromatic N) is 2. The van der Waals surface area contributed by atoms with Crippen molar-refractivity contribution < 1.29 is 9.53 Å². The number of rotatable bonds is 8. The molecule has 0 saturated heterocycles. The number of carbonyl (C=O) groups excluding carboxylic acids is 1. The quantitative estimate of drug-likeness (QED) is 0.182. The number of thiazole rings is 1. The Morgan fingerprint density at radius 1 is 1.15 bits per heavy atom. The largest absolute Gasteiger partial charge is 0.481 e. The molecule has 0 aliphatic carbocycles. The minimum atomic E-state index is -0.314. The Kier molecular flexibility index (Phi) is 7.56. The van der Waals surface area contributed by atoms with Gasteiger partial charge in [0.1, 0.15) is 12.4 Å². The molecule has 34 heavy (non-hydrogen) atoms. The van der Waals surface area contributed by atoms with Crippen LogP contribution in [-0.2, 0) is 0 Å². The molecule has 0 radical (unpaired) electrons. The zero-order valence-corrected chi connectivity index (χ0v) is 19.4. The molecule has 168 valence electrons. The van der Waals surface area contributed by atoms with Crippen molar-refractivity contribution in [2.24, 2.45) is 5.10 Å². The predicted molar refractivity (Wildman–Crippen MR) is 138 cm³/mol. The first-order valence-corrected chi connectivity index (χ1v) is 11.4. The van der Waals surface area contributed by atoms with Crippen LogP contribution >= 0.6 is 22.9 Å². The summed E-state index contributed by atoms with van der Waals surface area (Å²) in [5, 5.41) is 10.7. The number of carbonyl (C=O) groups is 1. The molecule has 2 N–H and O–H groups in total. The van der Waals surface area contributed by atoms with Gasteiger partial charge in [0.15, 0.2) is 5.13 Å². The third-order valence-corrected chi connectivity index (χ3v) is 5.61. The molecule has 4 aromatic rings. The molecule has 0 atom stereocenters. The lowest BCUT2D eigenvalue weighted by atomic mass is 10.1. The average molecular weight is 487 g/mol. The van der Waals surface area contributed by atoms with Gasteiger partial charge in [-0.2, -0.15) is 5.10 Å². The molecule has 0 saturated carbocycles. The fraction of sp³-hybridized carbons (Fsp3) is 0.0385. The molecule has 0 spiro atoms. The van der Waals surface area contributed by atoms with Crippen LogP contribution in [0.15, 0.2) is 83.3 Å². The molecule has 1 amide bonds. The van der Waals surface area contributed by atoms with Crippen LogP contribution in [0.25, 0.3) is 11.3 Å². The molecule has 4 rings (SSSR count). The highest BCUT2D eigenvalue weighted by Crippen LogP contribution is 2.27. The fourth-order valence-corrected chi connectivity index (χ4v) is 3.82. The number of amides is 1. The van der Waals surface area contributed by atoms with E-state index in [0.29, 0.717) is 16.3 Å². The molecule has 1 heterocycles. The van der Waals surface area contributed by atoms with Gasteiger partial charge in [-0.1, -0.05) is 41.8 Å². The van der Waals surface area contributed by atoms with Gasteiger partial charge in [0.25, 0.3) is 5.91 Å². The number of aromatic nitrogens is 1. The predicted octanol–water partition coefficient (Wildman–Crippen LogP) is 5.98. The van der Waals surface area contributed by atoms with Gasteiger partial charge in [0.2, 0.25) is 0 Å². The molecule has 6 nitrogen and oxygen atoms in total. The van der Waals surface area contributed by atoms with Crippen molar-refractivity contribution in [1.82, 2.24) is 10.4 Å². The van der Waals surface area contributed by atoms with E-state index < -0.39 is 0 Å². The number of ether oxygens (including phenoxy) is 1. The number of halogens is 1. The Balaban J connectivity index is 1.35. The van der Waals surface area contributed by atoms with Crippen LogP contribution in [0.1, 0.15) is 15.9 Å². The summed E-state index contributed by atoms with van der Waals surface area (Å²) in [5.74, 6) is 2.74. The number of hydrogen-bond donors (Lipinski definition) is 2. The van der Waals surface area contributed by atoms with E-state index in [1.165, 1.54) is 11.3 Å². The topological polar surface area (TPSA) is 75.6 Å². The first-order valence-electron chi connectivity index (χ1n) is 10.2. The summed E-state index contributed by atoms with van der Waals surface area (Å²) in [5.41, 5.74) is 6.42. The fourth-order valence-electron chi connectivity index (χ4n) is 2.95. The van der Waals surface area contributed by atoms with Crippen LogP contribution in [0.5, 0.6) is 5.75 Å². The summed E-state index contributed by atoms with van der Waals surface area (Å²) >= 11 is 7.42. The molecule has 1 aromatic heterocycles. The van der Waals surface area contributed by atoms with Gasteiger partial charge in [-0.3, -0.25) is 4.79 Å². The van der Waals surface area contributed by atoms with Gasteiger partial charge in [-0.05, 0) is 54.1 Å². The molecule has 8 heteroatoms. The number of hydrogen-bond acceptors (Lipinski definition) is 6. The van der Waals surface area contributed by atoms with E-state index in [-0.39, 0.29) is 12.5 Å². The third-order valence-electron chi connectivity index (χ3n) is 4.60. The van der Waals surface area contributed by atoms with E-state index in [9.17, 15) is 4.79 Å². The average Bonchev–Trinajstić information content (AvgIpc) is 3.33. The maximum atomic E-state index is 12.4. The van der Waals surface area contributed by atoms with Crippen molar-refractivity contribution in [1.29, 1.82) is 0 Å². The monoisotopic (exact) mass is 486 g/mol. The van der Waals surface area contributed by atoms with Crippen LogP contribution in [-0.4, -0.2) is 23.7 Å². The van der Waals surface area contributed by atoms with Gasteiger partial charge >= 0.3 is 0 Å². The van der Waals surface area contributed by atoms with Crippen molar-refractivity contribution >= 4 is 45.9 Å². The first-order chi connectivity index (χ1) is 16.6. The SMILES string of the molecule is C#CCOc1cccc(/C=N\NC(=O)c2ccc(-c3csc(Nc4ccc(Cl)cc4)n3)cc2)c1. The summed E-state index contributed by atoms with van der Waals surface area (Å²) in [6.07, 6.45) is 6.74. The highest BCUT2D eigenvalue weighted by atomic mass is 35.5. The molecule has 0 fully saturated rings. The molecule has 0 bridgehead atoms. The van der Waals surface area contributed by atoms with Crippen molar-refractivity contribution in [2.75, 3.05) is 11.9 Å². The number of anilines is 2. The van der Waals surface area contributed by atoms with Gasteiger partial charge in [-0.15, -0.1) is 17.8 Å². The smallest absolute Gasteiger partial charge is 0.271 e. The zero-order valence-electron chi connectivity index (χ0n) is 17.9. The van der Waals surface area contributed by atoms with Crippen molar-refractivity contribution in [3.05, 3.63) is 94.3 Å². The highest BCUT2D eigenvalue weighted by Gasteiger charge is 2.08. The summed E-state index contributed by atoms with van der Waals surface area (Å²) in [6, 6.07) is 21.8. The Labute approximate surface area is 206 Å². The number of benzene rings is 3. The van der Waals surface area contributed by atoms with E-state index in [1.807, 2.05) is 53.9 Å². The van der Waals surface area contributed by atoms with Crippen molar-refractivity contribution in [2.45, 2.75) is 0 Å². The van der Waals surface area contributed by atoms with Crippen LogP contribution < -0.4 is 15.5 Å². The molecule has 0 aliphatic heterocycles. The number of hydrazone groups is 1. The van der Waals surface area contributed by atoms with Gasteiger partial charge in [0.05, 0.1) is 11.9 Å². The second-order valence-electron chi connectivity index (χ2n) is 7.01.